The van der Waals surface area contributed by atoms with E-state index in [-0.39, 0.29) is 13.2 Å². The molecular weight excluding hydrogens is 210 g/mol. The van der Waals surface area contributed by atoms with E-state index >= 15 is 0 Å². The smallest absolute Gasteiger partial charge is 0.303 e. The minimum atomic E-state index is -0.771. The van der Waals surface area contributed by atoms with Crippen molar-refractivity contribution in [2.24, 2.45) is 0 Å². The minimum Gasteiger partial charge on any atom is -0.481 e. The van der Waals surface area contributed by atoms with E-state index in [2.05, 4.69) is 5.32 Å². The van der Waals surface area contributed by atoms with E-state index in [4.69, 9.17) is 14.6 Å². The number of nitrogens with one attached hydrogen (secondary N) is 1. The second-order valence-electron chi connectivity index (χ2n) is 3.49. The highest BCUT2D eigenvalue weighted by atomic mass is 16.7. The summed E-state index contributed by atoms with van der Waals surface area (Å²) in [5.41, 5.74) is 0.912. The molecule has 1 aliphatic rings. The van der Waals surface area contributed by atoms with E-state index < -0.39 is 5.97 Å². The predicted octanol–water partition coefficient (Wildman–Crippen LogP) is 1.69. The van der Waals surface area contributed by atoms with Crippen LogP contribution in [0.15, 0.2) is 18.2 Å². The van der Waals surface area contributed by atoms with Crippen molar-refractivity contribution in [3.63, 3.8) is 0 Å². The largest absolute Gasteiger partial charge is 0.481 e. The van der Waals surface area contributed by atoms with Crippen LogP contribution in [0.3, 0.4) is 0 Å². The van der Waals surface area contributed by atoms with Crippen LogP contribution in [0.25, 0.3) is 0 Å². The van der Waals surface area contributed by atoms with Gasteiger partial charge in [0.15, 0.2) is 11.5 Å². The molecule has 0 radical (unpaired) electrons. The fraction of sp³-hybridized carbons (Fsp3) is 0.364. The van der Waals surface area contributed by atoms with Crippen molar-refractivity contribution in [2.45, 2.75) is 12.8 Å². The standard InChI is InChI=1S/C11H13NO4/c13-11(14)2-1-5-12-8-3-4-9-10(6-8)16-7-15-9/h3-4,6,12H,1-2,5,7H2,(H,13,14). The third kappa shape index (κ3) is 2.56. The Balaban J connectivity index is 1.83. The number of carboxylic acids is 1. The molecule has 0 atom stereocenters. The number of anilines is 1. The lowest BCUT2D eigenvalue weighted by Crippen LogP contribution is -2.04. The number of ether oxygens (including phenoxy) is 2. The number of carboxylic acid groups (broad SMARTS) is 1. The lowest BCUT2D eigenvalue weighted by Gasteiger charge is -2.05. The monoisotopic (exact) mass is 223 g/mol. The summed E-state index contributed by atoms with van der Waals surface area (Å²) >= 11 is 0. The first-order valence-corrected chi connectivity index (χ1v) is 5.11. The van der Waals surface area contributed by atoms with E-state index in [1.807, 2.05) is 18.2 Å². The van der Waals surface area contributed by atoms with Crippen LogP contribution in [0.2, 0.25) is 0 Å². The maximum absolute atomic E-state index is 10.3. The molecule has 0 saturated carbocycles. The Hall–Kier alpha value is -1.91. The zero-order chi connectivity index (χ0) is 11.4. The van der Waals surface area contributed by atoms with Crippen LogP contribution in [0.4, 0.5) is 5.69 Å². The molecule has 86 valence electrons. The molecule has 0 aliphatic carbocycles. The number of benzene rings is 1. The van der Waals surface area contributed by atoms with Gasteiger partial charge in [-0.05, 0) is 18.6 Å². The van der Waals surface area contributed by atoms with Crippen LogP contribution in [0.1, 0.15) is 12.8 Å². The first kappa shape index (κ1) is 10.6. The van der Waals surface area contributed by atoms with Crippen molar-refractivity contribution in [1.82, 2.24) is 0 Å². The van der Waals surface area contributed by atoms with Gasteiger partial charge in [0.2, 0.25) is 6.79 Å². The highest BCUT2D eigenvalue weighted by Crippen LogP contribution is 2.34. The molecule has 2 N–H and O–H groups in total. The molecule has 5 nitrogen and oxygen atoms in total. The molecule has 1 aromatic carbocycles. The van der Waals surface area contributed by atoms with Gasteiger partial charge in [0, 0.05) is 24.7 Å². The van der Waals surface area contributed by atoms with Gasteiger partial charge < -0.3 is 19.9 Å². The number of aliphatic carboxylic acids is 1. The Morgan fingerprint density at radius 1 is 1.38 bits per heavy atom. The van der Waals surface area contributed by atoms with E-state index in [9.17, 15) is 4.79 Å². The Labute approximate surface area is 93.0 Å². The van der Waals surface area contributed by atoms with Gasteiger partial charge in [0.05, 0.1) is 0 Å². The third-order valence-corrected chi connectivity index (χ3v) is 2.27. The molecule has 1 heterocycles. The summed E-state index contributed by atoms with van der Waals surface area (Å²) in [5.74, 6) is 0.701. The second-order valence-corrected chi connectivity index (χ2v) is 3.49. The zero-order valence-corrected chi connectivity index (χ0v) is 8.73. The Kier molecular flexibility index (Phi) is 3.14. The highest BCUT2D eigenvalue weighted by Gasteiger charge is 2.12. The van der Waals surface area contributed by atoms with E-state index in [1.54, 1.807) is 0 Å². The average molecular weight is 223 g/mol. The van der Waals surface area contributed by atoms with Crippen LogP contribution in [-0.4, -0.2) is 24.4 Å². The number of carbonyl (C=O) groups is 1. The van der Waals surface area contributed by atoms with E-state index in [0.717, 1.165) is 17.2 Å². The average Bonchev–Trinajstić information content (AvgIpc) is 2.71. The number of fused-ring (bicyclic) bond motifs is 1. The van der Waals surface area contributed by atoms with Crippen molar-refractivity contribution < 1.29 is 19.4 Å². The molecule has 0 fully saturated rings. The molecule has 0 spiro atoms. The maximum Gasteiger partial charge on any atom is 0.303 e. The van der Waals surface area contributed by atoms with Crippen LogP contribution in [-0.2, 0) is 4.79 Å². The number of rotatable bonds is 5. The Bertz CT molecular complexity index is 392. The fourth-order valence-corrected chi connectivity index (χ4v) is 1.48. The summed E-state index contributed by atoms with van der Waals surface area (Å²) in [6.07, 6.45) is 0.779. The van der Waals surface area contributed by atoms with Gasteiger partial charge in [0.25, 0.3) is 0 Å². The normalized spacial score (nSPS) is 12.5. The first-order valence-electron chi connectivity index (χ1n) is 5.11. The van der Waals surface area contributed by atoms with Crippen LogP contribution < -0.4 is 14.8 Å². The molecule has 5 heteroatoms. The molecule has 16 heavy (non-hydrogen) atoms. The summed E-state index contributed by atoms with van der Waals surface area (Å²) in [6.45, 7) is 0.893. The number of hydrogen-bond acceptors (Lipinski definition) is 4. The van der Waals surface area contributed by atoms with Crippen molar-refractivity contribution in [1.29, 1.82) is 0 Å². The number of hydrogen-bond donors (Lipinski definition) is 2. The van der Waals surface area contributed by atoms with Crippen molar-refractivity contribution in [3.8, 4) is 11.5 Å². The van der Waals surface area contributed by atoms with Crippen LogP contribution in [0, 0.1) is 0 Å². The summed E-state index contributed by atoms with van der Waals surface area (Å²) in [4.78, 5) is 10.3. The van der Waals surface area contributed by atoms with Gasteiger partial charge in [-0.25, -0.2) is 0 Å². The minimum absolute atomic E-state index is 0.178. The summed E-state index contributed by atoms with van der Waals surface area (Å²) in [6, 6.07) is 5.57. The topological polar surface area (TPSA) is 67.8 Å². The fourth-order valence-electron chi connectivity index (χ4n) is 1.48. The molecule has 0 unspecified atom stereocenters. The van der Waals surface area contributed by atoms with Crippen molar-refractivity contribution in [3.05, 3.63) is 18.2 Å². The molecule has 1 aliphatic heterocycles. The maximum atomic E-state index is 10.3. The summed E-state index contributed by atoms with van der Waals surface area (Å²) < 4.78 is 10.4. The quantitative estimate of drug-likeness (QED) is 0.743. The van der Waals surface area contributed by atoms with E-state index in [1.165, 1.54) is 0 Å². The molecule has 0 amide bonds. The molecule has 0 saturated heterocycles. The van der Waals surface area contributed by atoms with Crippen LogP contribution in [0.5, 0.6) is 11.5 Å². The molecule has 0 bridgehead atoms. The highest BCUT2D eigenvalue weighted by molar-refractivity contribution is 5.66. The van der Waals surface area contributed by atoms with Gasteiger partial charge in [-0.2, -0.15) is 0 Å². The lowest BCUT2D eigenvalue weighted by atomic mass is 10.2. The SMILES string of the molecule is O=C(O)CCCNc1ccc2c(c1)OCO2. The van der Waals surface area contributed by atoms with Gasteiger partial charge in [-0.3, -0.25) is 4.79 Å². The van der Waals surface area contributed by atoms with Crippen LogP contribution >= 0.6 is 0 Å². The van der Waals surface area contributed by atoms with Crippen molar-refractivity contribution >= 4 is 11.7 Å². The Morgan fingerprint density at radius 3 is 3.00 bits per heavy atom. The zero-order valence-electron chi connectivity index (χ0n) is 8.73. The molecule has 2 rings (SSSR count). The second kappa shape index (κ2) is 4.74. The first-order chi connectivity index (χ1) is 7.75. The molecule has 1 aromatic rings. The summed E-state index contributed by atoms with van der Waals surface area (Å²) in [7, 11) is 0. The van der Waals surface area contributed by atoms with Gasteiger partial charge in [-0.1, -0.05) is 0 Å². The van der Waals surface area contributed by atoms with Gasteiger partial charge >= 0.3 is 5.97 Å². The summed E-state index contributed by atoms with van der Waals surface area (Å²) in [5, 5.41) is 11.6. The predicted molar refractivity (Wildman–Crippen MR) is 57.9 cm³/mol. The molecule has 0 aromatic heterocycles. The Morgan fingerprint density at radius 2 is 2.19 bits per heavy atom. The van der Waals surface area contributed by atoms with Gasteiger partial charge in [-0.15, -0.1) is 0 Å². The third-order valence-electron chi connectivity index (χ3n) is 2.27. The van der Waals surface area contributed by atoms with Crippen molar-refractivity contribution in [2.75, 3.05) is 18.7 Å². The molecular formula is C11H13NO4. The van der Waals surface area contributed by atoms with Gasteiger partial charge in [0.1, 0.15) is 0 Å². The lowest BCUT2D eigenvalue weighted by molar-refractivity contribution is -0.137. The van der Waals surface area contributed by atoms with E-state index in [0.29, 0.717) is 13.0 Å².